The fourth-order valence-corrected chi connectivity index (χ4v) is 5.69. The topological polar surface area (TPSA) is 96.9 Å². The maximum Gasteiger partial charge on any atom is 0.290 e. The highest BCUT2D eigenvalue weighted by molar-refractivity contribution is 8.18. The standard InChI is InChI=1S/C25H25N5O2S2/c31-24-22(34-25(32)30-24)13-19-8-10-26-23(29-19)12-16-4-6-18(7-5-16)27-14-20-2-1-3-21(28-20)17-9-11-33-15-17/h1-3,8-11,13,15-16,18,27H,4-7,12,14H2,(H,30,31,32)/b22-13-. The van der Waals surface area contributed by atoms with Crippen molar-refractivity contribution in [1.82, 2.24) is 25.6 Å². The number of nitrogens with one attached hydrogen (secondary N) is 2. The lowest BCUT2D eigenvalue weighted by molar-refractivity contribution is -0.115. The molecular weight excluding hydrogens is 466 g/mol. The van der Waals surface area contributed by atoms with Gasteiger partial charge in [-0.1, -0.05) is 6.07 Å². The molecule has 4 heterocycles. The van der Waals surface area contributed by atoms with E-state index < -0.39 is 0 Å². The van der Waals surface area contributed by atoms with Crippen LogP contribution in [0, 0.1) is 5.92 Å². The van der Waals surface area contributed by atoms with Crippen LogP contribution in [0.5, 0.6) is 0 Å². The van der Waals surface area contributed by atoms with Crippen molar-refractivity contribution >= 4 is 40.3 Å². The first-order chi connectivity index (χ1) is 16.6. The number of thioether (sulfide) groups is 1. The molecule has 0 spiro atoms. The zero-order valence-corrected chi connectivity index (χ0v) is 20.2. The minimum absolute atomic E-state index is 0.346. The van der Waals surface area contributed by atoms with Crippen molar-refractivity contribution in [3.05, 3.63) is 69.4 Å². The lowest BCUT2D eigenvalue weighted by Crippen LogP contribution is -2.33. The molecule has 1 aliphatic heterocycles. The Bertz CT molecular complexity index is 1200. The van der Waals surface area contributed by atoms with Gasteiger partial charge >= 0.3 is 0 Å². The number of hydrogen-bond donors (Lipinski definition) is 2. The molecule has 2 aliphatic rings. The lowest BCUT2D eigenvalue weighted by Gasteiger charge is -2.29. The fraction of sp³-hybridized carbons (Fsp3) is 0.320. The maximum atomic E-state index is 11.8. The normalized spacial score (nSPS) is 21.7. The molecule has 9 heteroatoms. The number of carbonyl (C=O) groups is 2. The van der Waals surface area contributed by atoms with Crippen LogP contribution in [0.4, 0.5) is 4.79 Å². The summed E-state index contributed by atoms with van der Waals surface area (Å²) in [5.74, 6) is 0.969. The molecule has 5 rings (SSSR count). The summed E-state index contributed by atoms with van der Waals surface area (Å²) in [6.07, 6.45) is 8.70. The van der Waals surface area contributed by atoms with Crippen molar-refractivity contribution < 1.29 is 9.59 Å². The average molecular weight is 492 g/mol. The SMILES string of the molecule is O=C1NC(=O)/C(=C/c2ccnc(CC3CCC(NCc4cccc(-c5ccsc5)n4)CC3)n2)S1. The van der Waals surface area contributed by atoms with E-state index in [9.17, 15) is 9.59 Å². The minimum atomic E-state index is -0.366. The van der Waals surface area contributed by atoms with Gasteiger partial charge in [0.2, 0.25) is 0 Å². The van der Waals surface area contributed by atoms with Gasteiger partial charge in [-0.3, -0.25) is 19.9 Å². The van der Waals surface area contributed by atoms with Gasteiger partial charge in [0.25, 0.3) is 11.1 Å². The number of thiophene rings is 1. The van der Waals surface area contributed by atoms with Gasteiger partial charge in [0, 0.05) is 36.1 Å². The van der Waals surface area contributed by atoms with Gasteiger partial charge in [-0.15, -0.1) is 0 Å². The van der Waals surface area contributed by atoms with Crippen LogP contribution in [0.3, 0.4) is 0 Å². The Hall–Kier alpha value is -2.88. The number of hydrogen-bond acceptors (Lipinski definition) is 8. The van der Waals surface area contributed by atoms with Gasteiger partial charge in [-0.05, 0) is 79.1 Å². The van der Waals surface area contributed by atoms with Crippen LogP contribution >= 0.6 is 23.1 Å². The molecule has 2 N–H and O–H groups in total. The second kappa shape index (κ2) is 10.6. The average Bonchev–Trinajstić information content (AvgIpc) is 3.49. The molecular formula is C25H25N5O2S2. The van der Waals surface area contributed by atoms with Crippen molar-refractivity contribution in [2.45, 2.75) is 44.7 Å². The molecule has 0 bridgehead atoms. The summed E-state index contributed by atoms with van der Waals surface area (Å²) in [7, 11) is 0. The second-order valence-electron chi connectivity index (χ2n) is 8.58. The van der Waals surface area contributed by atoms with E-state index >= 15 is 0 Å². The lowest BCUT2D eigenvalue weighted by atomic mass is 9.84. The predicted octanol–water partition coefficient (Wildman–Crippen LogP) is 4.82. The van der Waals surface area contributed by atoms with E-state index in [1.807, 2.05) is 0 Å². The van der Waals surface area contributed by atoms with Crippen molar-refractivity contribution in [3.63, 3.8) is 0 Å². The molecule has 0 radical (unpaired) electrons. The molecule has 1 saturated carbocycles. The fourth-order valence-electron chi connectivity index (χ4n) is 4.38. The molecule has 0 unspecified atom stereocenters. The van der Waals surface area contributed by atoms with E-state index in [1.165, 1.54) is 5.56 Å². The number of nitrogens with zero attached hydrogens (tertiary/aromatic N) is 3. The van der Waals surface area contributed by atoms with Crippen LogP contribution in [0.2, 0.25) is 0 Å². The number of carbonyl (C=O) groups excluding carboxylic acids is 2. The van der Waals surface area contributed by atoms with E-state index in [2.05, 4.69) is 55.6 Å². The highest BCUT2D eigenvalue weighted by Crippen LogP contribution is 2.28. The molecule has 0 atom stereocenters. The summed E-state index contributed by atoms with van der Waals surface area (Å²) in [4.78, 5) is 37.3. The molecule has 7 nitrogen and oxygen atoms in total. The number of imide groups is 1. The molecule has 0 aromatic carbocycles. The predicted molar refractivity (Wildman–Crippen MR) is 135 cm³/mol. The first kappa shape index (κ1) is 22.9. The van der Waals surface area contributed by atoms with Crippen molar-refractivity contribution in [3.8, 4) is 11.3 Å². The third-order valence-electron chi connectivity index (χ3n) is 6.16. The summed E-state index contributed by atoms with van der Waals surface area (Å²) >= 11 is 2.59. The summed E-state index contributed by atoms with van der Waals surface area (Å²) in [6, 6.07) is 10.6. The Labute approximate surface area is 206 Å². The monoisotopic (exact) mass is 491 g/mol. The van der Waals surface area contributed by atoms with Gasteiger partial charge in [0.05, 0.1) is 22.0 Å². The third kappa shape index (κ3) is 5.78. The Morgan fingerprint density at radius 1 is 1.09 bits per heavy atom. The molecule has 1 aliphatic carbocycles. The summed E-state index contributed by atoms with van der Waals surface area (Å²) < 4.78 is 0. The summed E-state index contributed by atoms with van der Waals surface area (Å²) in [6.45, 7) is 0.779. The number of aromatic nitrogens is 3. The smallest absolute Gasteiger partial charge is 0.290 e. The van der Waals surface area contributed by atoms with E-state index in [1.54, 1.807) is 29.7 Å². The molecule has 3 aromatic rings. The summed E-state index contributed by atoms with van der Waals surface area (Å²) in [5, 5.41) is 9.81. The zero-order chi connectivity index (χ0) is 23.3. The van der Waals surface area contributed by atoms with Crippen molar-refractivity contribution in [2.75, 3.05) is 0 Å². The Morgan fingerprint density at radius 2 is 1.97 bits per heavy atom. The highest BCUT2D eigenvalue weighted by Gasteiger charge is 2.25. The van der Waals surface area contributed by atoms with Gasteiger partial charge < -0.3 is 5.32 Å². The van der Waals surface area contributed by atoms with Crippen LogP contribution < -0.4 is 10.6 Å². The molecule has 34 heavy (non-hydrogen) atoms. The number of rotatable bonds is 7. The van der Waals surface area contributed by atoms with Crippen LogP contribution in [0.15, 0.2) is 52.2 Å². The quantitative estimate of drug-likeness (QED) is 0.458. The molecule has 2 fully saturated rings. The minimum Gasteiger partial charge on any atom is -0.308 e. The zero-order valence-electron chi connectivity index (χ0n) is 18.6. The van der Waals surface area contributed by atoms with Gasteiger partial charge in [0.1, 0.15) is 5.82 Å². The van der Waals surface area contributed by atoms with Crippen LogP contribution in [-0.2, 0) is 17.8 Å². The molecule has 2 amide bonds. The second-order valence-corrected chi connectivity index (χ2v) is 10.4. The van der Waals surface area contributed by atoms with Crippen molar-refractivity contribution in [1.29, 1.82) is 0 Å². The van der Waals surface area contributed by atoms with E-state index in [0.29, 0.717) is 22.6 Å². The largest absolute Gasteiger partial charge is 0.308 e. The number of pyridine rings is 1. The maximum absolute atomic E-state index is 11.8. The van der Waals surface area contributed by atoms with Gasteiger partial charge in [0.15, 0.2) is 0 Å². The number of amides is 2. The van der Waals surface area contributed by atoms with Gasteiger partial charge in [-0.2, -0.15) is 11.3 Å². The van der Waals surface area contributed by atoms with Crippen LogP contribution in [0.1, 0.15) is 42.9 Å². The van der Waals surface area contributed by atoms with E-state index in [4.69, 9.17) is 4.98 Å². The summed E-state index contributed by atoms with van der Waals surface area (Å²) in [5.41, 5.74) is 3.93. The van der Waals surface area contributed by atoms with E-state index in [-0.39, 0.29) is 11.1 Å². The Morgan fingerprint density at radius 3 is 2.74 bits per heavy atom. The van der Waals surface area contributed by atoms with E-state index in [0.717, 1.165) is 67.6 Å². The van der Waals surface area contributed by atoms with Crippen LogP contribution in [0.25, 0.3) is 17.3 Å². The molecule has 174 valence electrons. The molecule has 1 saturated heterocycles. The first-order valence-corrected chi connectivity index (χ1v) is 13.2. The highest BCUT2D eigenvalue weighted by atomic mass is 32.2. The Balaban J connectivity index is 1.11. The third-order valence-corrected chi connectivity index (χ3v) is 7.66. The van der Waals surface area contributed by atoms with Crippen LogP contribution in [-0.4, -0.2) is 32.1 Å². The molecule has 3 aromatic heterocycles. The van der Waals surface area contributed by atoms with Gasteiger partial charge in [-0.25, -0.2) is 9.97 Å². The van der Waals surface area contributed by atoms with Crippen molar-refractivity contribution in [2.24, 2.45) is 5.92 Å². The first-order valence-electron chi connectivity index (χ1n) is 11.4. The Kier molecular flexibility index (Phi) is 7.13.